The number of allylic oxidation sites excluding steroid dienone is 3. The van der Waals surface area contributed by atoms with Crippen LogP contribution in [0, 0.1) is 5.92 Å². The van der Waals surface area contributed by atoms with Crippen LogP contribution in [0.2, 0.25) is 0 Å². The van der Waals surface area contributed by atoms with Crippen LogP contribution in [0.3, 0.4) is 0 Å². The monoisotopic (exact) mass is 377 g/mol. The highest BCUT2D eigenvalue weighted by Crippen LogP contribution is 2.12. The van der Waals surface area contributed by atoms with Crippen molar-refractivity contribution in [2.24, 2.45) is 11.7 Å². The normalized spacial score (nSPS) is 13.4. The van der Waals surface area contributed by atoms with Crippen LogP contribution in [0.4, 0.5) is 0 Å². The van der Waals surface area contributed by atoms with Crippen LogP contribution in [-0.2, 0) is 0 Å². The van der Waals surface area contributed by atoms with Gasteiger partial charge in [-0.15, -0.1) is 0 Å². The molecule has 0 saturated heterocycles. The third-order valence-corrected chi connectivity index (χ3v) is 5.33. The molecule has 1 unspecified atom stereocenters. The minimum Gasteiger partial charge on any atom is -0.324 e. The summed E-state index contributed by atoms with van der Waals surface area (Å²) in [5, 5.41) is 0. The van der Waals surface area contributed by atoms with Crippen molar-refractivity contribution in [3.05, 3.63) is 24.3 Å². The van der Waals surface area contributed by atoms with Crippen molar-refractivity contribution in [3.63, 3.8) is 0 Å². The standard InChI is InChI=1S/C26H51N/c1-4-5-6-7-8-9-10-11-12-13-14-15-16-17-20-23-26(27)24-21-18-19-22-25(2)3/h8-9,21,24-26H,4-7,10-20,22-23,27H2,1-3H3. The van der Waals surface area contributed by atoms with E-state index in [9.17, 15) is 0 Å². The third kappa shape index (κ3) is 23.4. The van der Waals surface area contributed by atoms with Gasteiger partial charge in [0.15, 0.2) is 0 Å². The maximum Gasteiger partial charge on any atom is 0.0223 e. The predicted octanol–water partition coefficient (Wildman–Crippen LogP) is 8.73. The summed E-state index contributed by atoms with van der Waals surface area (Å²) in [5.74, 6) is 0.823. The molecule has 0 aliphatic rings. The second-order valence-electron chi connectivity index (χ2n) is 8.79. The average Bonchev–Trinajstić information content (AvgIpc) is 2.64. The van der Waals surface area contributed by atoms with Crippen molar-refractivity contribution >= 4 is 0 Å². The van der Waals surface area contributed by atoms with Crippen molar-refractivity contribution in [2.45, 2.75) is 136 Å². The molecule has 1 heteroatoms. The second-order valence-corrected chi connectivity index (χ2v) is 8.79. The number of rotatable bonds is 20. The molecular weight excluding hydrogens is 326 g/mol. The van der Waals surface area contributed by atoms with Crippen LogP contribution in [0.5, 0.6) is 0 Å². The van der Waals surface area contributed by atoms with E-state index in [2.05, 4.69) is 45.1 Å². The van der Waals surface area contributed by atoms with Crippen molar-refractivity contribution in [3.8, 4) is 0 Å². The lowest BCUT2D eigenvalue weighted by Crippen LogP contribution is -2.16. The highest BCUT2D eigenvalue weighted by atomic mass is 14.6. The van der Waals surface area contributed by atoms with Gasteiger partial charge in [-0.05, 0) is 50.9 Å². The van der Waals surface area contributed by atoms with Crippen LogP contribution in [0.1, 0.15) is 130 Å². The summed E-state index contributed by atoms with van der Waals surface area (Å²) in [7, 11) is 0. The van der Waals surface area contributed by atoms with E-state index in [4.69, 9.17) is 5.73 Å². The van der Waals surface area contributed by atoms with Gasteiger partial charge in [0.25, 0.3) is 0 Å². The molecule has 0 aliphatic heterocycles. The molecule has 0 bridgehead atoms. The molecule has 0 aliphatic carbocycles. The Balaban J connectivity index is 3.25. The first-order chi connectivity index (χ1) is 13.2. The molecular formula is C26H51N. The Morgan fingerprint density at radius 3 is 1.70 bits per heavy atom. The zero-order valence-corrected chi connectivity index (χ0v) is 19.1. The van der Waals surface area contributed by atoms with Crippen molar-refractivity contribution in [2.75, 3.05) is 0 Å². The molecule has 160 valence electrons. The summed E-state index contributed by atoms with van der Waals surface area (Å²) in [6.45, 7) is 6.86. The Morgan fingerprint density at radius 2 is 1.11 bits per heavy atom. The molecule has 0 saturated carbocycles. The molecule has 0 aromatic heterocycles. The Kier molecular flexibility index (Phi) is 21.3. The zero-order chi connectivity index (χ0) is 20.0. The van der Waals surface area contributed by atoms with Crippen LogP contribution in [0.25, 0.3) is 0 Å². The van der Waals surface area contributed by atoms with Gasteiger partial charge in [-0.1, -0.05) is 109 Å². The van der Waals surface area contributed by atoms with Crippen molar-refractivity contribution in [1.29, 1.82) is 0 Å². The summed E-state index contributed by atoms with van der Waals surface area (Å²) in [6.07, 6.45) is 32.0. The molecule has 27 heavy (non-hydrogen) atoms. The first-order valence-electron chi connectivity index (χ1n) is 12.2. The Morgan fingerprint density at radius 1 is 0.593 bits per heavy atom. The molecule has 0 fully saturated rings. The minimum atomic E-state index is 0.277. The van der Waals surface area contributed by atoms with E-state index in [1.165, 1.54) is 103 Å². The second kappa shape index (κ2) is 21.7. The summed E-state index contributed by atoms with van der Waals surface area (Å²) < 4.78 is 0. The maximum atomic E-state index is 6.18. The highest BCUT2D eigenvalue weighted by Gasteiger charge is 1.98. The quantitative estimate of drug-likeness (QED) is 0.166. The van der Waals surface area contributed by atoms with Crippen LogP contribution >= 0.6 is 0 Å². The first kappa shape index (κ1) is 26.4. The fraction of sp³-hybridized carbons (Fsp3) is 0.846. The van der Waals surface area contributed by atoms with E-state index < -0.39 is 0 Å². The van der Waals surface area contributed by atoms with Gasteiger partial charge >= 0.3 is 0 Å². The molecule has 0 aromatic carbocycles. The molecule has 0 rings (SSSR count). The van der Waals surface area contributed by atoms with Gasteiger partial charge in [0.2, 0.25) is 0 Å². The van der Waals surface area contributed by atoms with Crippen LogP contribution in [-0.4, -0.2) is 6.04 Å². The van der Waals surface area contributed by atoms with Crippen LogP contribution in [0.15, 0.2) is 24.3 Å². The largest absolute Gasteiger partial charge is 0.324 e. The Bertz CT molecular complexity index is 329. The summed E-state index contributed by atoms with van der Waals surface area (Å²) >= 11 is 0. The zero-order valence-electron chi connectivity index (χ0n) is 19.1. The van der Waals surface area contributed by atoms with Gasteiger partial charge in [-0.3, -0.25) is 0 Å². The van der Waals surface area contributed by atoms with Gasteiger partial charge < -0.3 is 5.73 Å². The van der Waals surface area contributed by atoms with Crippen molar-refractivity contribution in [1.82, 2.24) is 0 Å². The number of unbranched alkanes of at least 4 members (excludes halogenated alkanes) is 12. The van der Waals surface area contributed by atoms with Gasteiger partial charge in [0.1, 0.15) is 0 Å². The summed E-state index contributed by atoms with van der Waals surface area (Å²) in [5.41, 5.74) is 6.18. The van der Waals surface area contributed by atoms with Gasteiger partial charge in [0.05, 0.1) is 0 Å². The lowest BCUT2D eigenvalue weighted by molar-refractivity contribution is 0.547. The molecule has 2 N–H and O–H groups in total. The van der Waals surface area contributed by atoms with Gasteiger partial charge in [0, 0.05) is 6.04 Å². The average molecular weight is 378 g/mol. The molecule has 0 spiro atoms. The van der Waals surface area contributed by atoms with E-state index in [0.717, 1.165) is 12.3 Å². The molecule has 1 atom stereocenters. The van der Waals surface area contributed by atoms with E-state index >= 15 is 0 Å². The van der Waals surface area contributed by atoms with Crippen LogP contribution < -0.4 is 5.73 Å². The van der Waals surface area contributed by atoms with E-state index in [0.29, 0.717) is 0 Å². The number of nitrogens with two attached hydrogens (primary N) is 1. The van der Waals surface area contributed by atoms with E-state index in [1.807, 2.05) is 0 Å². The molecule has 0 heterocycles. The smallest absolute Gasteiger partial charge is 0.0223 e. The van der Waals surface area contributed by atoms with E-state index in [1.54, 1.807) is 0 Å². The third-order valence-electron chi connectivity index (χ3n) is 5.33. The topological polar surface area (TPSA) is 26.0 Å². The predicted molar refractivity (Wildman–Crippen MR) is 125 cm³/mol. The Hall–Kier alpha value is -0.560. The first-order valence-corrected chi connectivity index (χ1v) is 12.2. The van der Waals surface area contributed by atoms with Gasteiger partial charge in [-0.2, -0.15) is 0 Å². The minimum absolute atomic E-state index is 0.277. The summed E-state index contributed by atoms with van der Waals surface area (Å²) in [4.78, 5) is 0. The summed E-state index contributed by atoms with van der Waals surface area (Å²) in [6, 6.07) is 0.277. The number of hydrogen-bond acceptors (Lipinski definition) is 1. The molecule has 1 nitrogen and oxygen atoms in total. The SMILES string of the molecule is CCCCCC=CCCCCCCCCCCC(N)C=CCCCC(C)C. The fourth-order valence-electron chi connectivity index (χ4n) is 3.46. The number of hydrogen-bond donors (Lipinski definition) is 1. The molecule has 0 amide bonds. The lowest BCUT2D eigenvalue weighted by atomic mass is 10.0. The molecule has 0 radical (unpaired) electrons. The lowest BCUT2D eigenvalue weighted by Gasteiger charge is -2.07. The fourth-order valence-corrected chi connectivity index (χ4v) is 3.46. The highest BCUT2D eigenvalue weighted by molar-refractivity contribution is 4.91. The van der Waals surface area contributed by atoms with Crippen molar-refractivity contribution < 1.29 is 0 Å². The molecule has 0 aromatic rings. The van der Waals surface area contributed by atoms with E-state index in [-0.39, 0.29) is 6.04 Å². The Labute approximate surface area is 172 Å². The maximum absolute atomic E-state index is 6.18. The van der Waals surface area contributed by atoms with Gasteiger partial charge in [-0.25, -0.2) is 0 Å².